The van der Waals surface area contributed by atoms with Gasteiger partial charge in [0.05, 0.1) is 0 Å². The van der Waals surface area contributed by atoms with Crippen molar-refractivity contribution in [3.8, 4) is 0 Å². The van der Waals surface area contributed by atoms with E-state index in [1.54, 1.807) is 0 Å². The average Bonchev–Trinajstić information content (AvgIpc) is 2.35. The van der Waals surface area contributed by atoms with E-state index >= 15 is 0 Å². The molecule has 0 aromatic carbocycles. The Morgan fingerprint density at radius 3 is 2.62 bits per heavy atom. The minimum absolute atomic E-state index is 0.542. The minimum atomic E-state index is 0.542. The van der Waals surface area contributed by atoms with Crippen LogP contribution in [0.4, 0.5) is 0 Å². The zero-order valence-corrected chi connectivity index (χ0v) is 10.8. The van der Waals surface area contributed by atoms with Gasteiger partial charge >= 0.3 is 0 Å². The van der Waals surface area contributed by atoms with Gasteiger partial charge in [0, 0.05) is 25.7 Å². The molecule has 0 bridgehead atoms. The Kier molecular flexibility index (Phi) is 5.74. The third kappa shape index (κ3) is 4.08. The lowest BCUT2D eigenvalue weighted by atomic mass is 10.0. The van der Waals surface area contributed by atoms with Crippen LogP contribution in [0.15, 0.2) is 23.8 Å². The summed E-state index contributed by atoms with van der Waals surface area (Å²) in [6.07, 6.45) is 7.78. The topological polar surface area (TPSA) is 32.5 Å². The molecule has 0 radical (unpaired) electrons. The van der Waals surface area contributed by atoms with Gasteiger partial charge in [0.2, 0.25) is 0 Å². The summed E-state index contributed by atoms with van der Waals surface area (Å²) in [6, 6.07) is 0.542. The van der Waals surface area contributed by atoms with E-state index in [2.05, 4.69) is 49.0 Å². The van der Waals surface area contributed by atoms with Crippen LogP contribution in [0.25, 0.3) is 0 Å². The van der Waals surface area contributed by atoms with Crippen molar-refractivity contribution < 1.29 is 0 Å². The van der Waals surface area contributed by atoms with Crippen LogP contribution in [-0.2, 0) is 0 Å². The first-order valence-corrected chi connectivity index (χ1v) is 6.13. The van der Waals surface area contributed by atoms with Gasteiger partial charge in [-0.05, 0) is 32.6 Å². The molecule has 3 heteroatoms. The maximum absolute atomic E-state index is 5.60. The van der Waals surface area contributed by atoms with Gasteiger partial charge in [0.1, 0.15) is 0 Å². The molecule has 0 aromatic rings. The molecule has 92 valence electrons. The Morgan fingerprint density at radius 2 is 2.12 bits per heavy atom. The summed E-state index contributed by atoms with van der Waals surface area (Å²) < 4.78 is 0. The van der Waals surface area contributed by atoms with E-state index in [1.807, 2.05) is 0 Å². The van der Waals surface area contributed by atoms with Crippen LogP contribution in [0.1, 0.15) is 13.3 Å². The van der Waals surface area contributed by atoms with Crippen molar-refractivity contribution in [2.24, 2.45) is 5.73 Å². The molecule has 0 saturated heterocycles. The normalized spacial score (nSPS) is 20.6. The predicted octanol–water partition coefficient (Wildman–Crippen LogP) is 1.08. The highest BCUT2D eigenvalue weighted by Crippen LogP contribution is 2.13. The Morgan fingerprint density at radius 1 is 1.38 bits per heavy atom. The first-order chi connectivity index (χ1) is 7.67. The summed E-state index contributed by atoms with van der Waals surface area (Å²) in [4.78, 5) is 4.75. The van der Waals surface area contributed by atoms with Gasteiger partial charge in [-0.15, -0.1) is 0 Å². The second-order valence-electron chi connectivity index (χ2n) is 4.52. The van der Waals surface area contributed by atoms with Crippen LogP contribution in [-0.4, -0.2) is 56.1 Å². The lowest BCUT2D eigenvalue weighted by molar-refractivity contribution is 0.234. The summed E-state index contributed by atoms with van der Waals surface area (Å²) in [7, 11) is 4.36. The van der Waals surface area contributed by atoms with Crippen LogP contribution >= 0.6 is 0 Å². The second kappa shape index (κ2) is 6.84. The molecule has 1 aliphatic carbocycles. The maximum atomic E-state index is 5.60. The number of hydrogen-bond acceptors (Lipinski definition) is 3. The van der Waals surface area contributed by atoms with Gasteiger partial charge in [-0.1, -0.05) is 25.2 Å². The van der Waals surface area contributed by atoms with Crippen molar-refractivity contribution in [2.75, 3.05) is 40.3 Å². The summed E-state index contributed by atoms with van der Waals surface area (Å²) in [5.41, 5.74) is 6.86. The lowest BCUT2D eigenvalue weighted by Crippen LogP contribution is -2.37. The molecule has 0 heterocycles. The second-order valence-corrected chi connectivity index (χ2v) is 4.52. The SMILES string of the molecule is CCN(C)CCN(C)[C@H]1C=CC(CN)=CC1. The number of hydrogen-bond donors (Lipinski definition) is 1. The standard InChI is InChI=1S/C13H25N3/c1-4-15(2)9-10-16(3)13-7-5-12(11-14)6-8-13/h5-7,13H,4,8-11,14H2,1-3H3/t13-/m0/s1. The molecule has 0 aliphatic heterocycles. The van der Waals surface area contributed by atoms with Crippen LogP contribution in [0.5, 0.6) is 0 Å². The molecule has 1 atom stereocenters. The molecule has 1 rings (SSSR count). The van der Waals surface area contributed by atoms with Crippen molar-refractivity contribution >= 4 is 0 Å². The number of rotatable bonds is 6. The minimum Gasteiger partial charge on any atom is -0.327 e. The zero-order chi connectivity index (χ0) is 12.0. The van der Waals surface area contributed by atoms with Crippen molar-refractivity contribution in [3.05, 3.63) is 23.8 Å². The first-order valence-electron chi connectivity index (χ1n) is 6.13. The van der Waals surface area contributed by atoms with Gasteiger partial charge in [0.15, 0.2) is 0 Å². The molecule has 3 nitrogen and oxygen atoms in total. The van der Waals surface area contributed by atoms with Crippen LogP contribution in [0.3, 0.4) is 0 Å². The van der Waals surface area contributed by atoms with Crippen LogP contribution < -0.4 is 5.73 Å². The third-order valence-corrected chi connectivity index (χ3v) is 3.33. The van der Waals surface area contributed by atoms with Crippen LogP contribution in [0, 0.1) is 0 Å². The first kappa shape index (κ1) is 13.4. The Labute approximate surface area is 99.6 Å². The van der Waals surface area contributed by atoms with E-state index in [0.29, 0.717) is 12.6 Å². The summed E-state index contributed by atoms with van der Waals surface area (Å²) in [6.45, 7) is 6.21. The molecule has 16 heavy (non-hydrogen) atoms. The van der Waals surface area contributed by atoms with E-state index < -0.39 is 0 Å². The monoisotopic (exact) mass is 223 g/mol. The molecular weight excluding hydrogens is 198 g/mol. The van der Waals surface area contributed by atoms with Crippen molar-refractivity contribution in [2.45, 2.75) is 19.4 Å². The fourth-order valence-electron chi connectivity index (χ4n) is 1.78. The van der Waals surface area contributed by atoms with Gasteiger partial charge in [0.25, 0.3) is 0 Å². The highest BCUT2D eigenvalue weighted by molar-refractivity contribution is 5.26. The molecule has 0 amide bonds. The fraction of sp³-hybridized carbons (Fsp3) is 0.692. The zero-order valence-electron chi connectivity index (χ0n) is 10.8. The smallest absolute Gasteiger partial charge is 0.0313 e. The molecule has 2 N–H and O–H groups in total. The molecule has 0 fully saturated rings. The number of likely N-dealkylation sites (N-methyl/N-ethyl adjacent to an activating group) is 2. The lowest BCUT2D eigenvalue weighted by Gasteiger charge is -2.28. The van der Waals surface area contributed by atoms with Gasteiger partial charge in [-0.2, -0.15) is 0 Å². The van der Waals surface area contributed by atoms with E-state index in [9.17, 15) is 0 Å². The number of nitrogens with two attached hydrogens (primary N) is 1. The number of nitrogens with zero attached hydrogens (tertiary/aromatic N) is 2. The molecule has 0 aromatic heterocycles. The van der Waals surface area contributed by atoms with Gasteiger partial charge < -0.3 is 10.6 Å². The average molecular weight is 223 g/mol. The highest BCUT2D eigenvalue weighted by Gasteiger charge is 2.13. The summed E-state index contributed by atoms with van der Waals surface area (Å²) in [5.74, 6) is 0. The van der Waals surface area contributed by atoms with Gasteiger partial charge in [-0.3, -0.25) is 4.90 Å². The predicted molar refractivity (Wildman–Crippen MR) is 70.5 cm³/mol. The summed E-state index contributed by atoms with van der Waals surface area (Å²) in [5, 5.41) is 0. The van der Waals surface area contributed by atoms with Crippen molar-refractivity contribution in [3.63, 3.8) is 0 Å². The molecule has 0 spiro atoms. The van der Waals surface area contributed by atoms with E-state index in [1.165, 1.54) is 5.57 Å². The summed E-state index contributed by atoms with van der Waals surface area (Å²) >= 11 is 0. The van der Waals surface area contributed by atoms with E-state index in [0.717, 1.165) is 26.1 Å². The van der Waals surface area contributed by atoms with Crippen molar-refractivity contribution in [1.82, 2.24) is 9.80 Å². The Bertz CT molecular complexity index is 258. The molecule has 0 saturated carbocycles. The van der Waals surface area contributed by atoms with E-state index in [4.69, 9.17) is 5.73 Å². The Hall–Kier alpha value is -0.640. The molecular formula is C13H25N3. The molecule has 1 aliphatic rings. The van der Waals surface area contributed by atoms with Gasteiger partial charge in [-0.25, -0.2) is 0 Å². The van der Waals surface area contributed by atoms with Crippen LogP contribution in [0.2, 0.25) is 0 Å². The Balaban J connectivity index is 2.31. The fourth-order valence-corrected chi connectivity index (χ4v) is 1.78. The largest absolute Gasteiger partial charge is 0.327 e. The van der Waals surface area contributed by atoms with E-state index in [-0.39, 0.29) is 0 Å². The highest BCUT2D eigenvalue weighted by atomic mass is 15.2. The van der Waals surface area contributed by atoms with Crippen molar-refractivity contribution in [1.29, 1.82) is 0 Å². The molecule has 0 unspecified atom stereocenters. The third-order valence-electron chi connectivity index (χ3n) is 3.33. The quantitative estimate of drug-likeness (QED) is 0.731. The maximum Gasteiger partial charge on any atom is 0.0313 e.